The van der Waals surface area contributed by atoms with Crippen LogP contribution in [0.2, 0.25) is 0 Å². The first kappa shape index (κ1) is 8.65. The van der Waals surface area contributed by atoms with Crippen molar-refractivity contribution in [2.24, 2.45) is 0 Å². The third-order valence-corrected chi connectivity index (χ3v) is 1.67. The summed E-state index contributed by atoms with van der Waals surface area (Å²) in [6.07, 6.45) is 0.225. The second-order valence-corrected chi connectivity index (χ2v) is 2.46. The van der Waals surface area contributed by atoms with E-state index in [1.807, 2.05) is 6.07 Å². The fourth-order valence-electron chi connectivity index (χ4n) is 0.914. The molecule has 0 bridgehead atoms. The van der Waals surface area contributed by atoms with Crippen molar-refractivity contribution in [1.82, 2.24) is 0 Å². The third kappa shape index (κ3) is 1.78. The summed E-state index contributed by atoms with van der Waals surface area (Å²) in [7, 11) is 0. The fourth-order valence-corrected chi connectivity index (χ4v) is 0.914. The van der Waals surface area contributed by atoms with Crippen molar-refractivity contribution in [3.63, 3.8) is 0 Å². The van der Waals surface area contributed by atoms with Gasteiger partial charge in [0, 0.05) is 0 Å². The van der Waals surface area contributed by atoms with E-state index in [1.54, 1.807) is 31.2 Å². The molecule has 1 rings (SSSR count). The summed E-state index contributed by atoms with van der Waals surface area (Å²) in [6.45, 7) is 1.58. The van der Waals surface area contributed by atoms with Gasteiger partial charge in [-0.15, -0.1) is 0 Å². The summed E-state index contributed by atoms with van der Waals surface area (Å²) in [5.41, 5.74) is 1.12. The number of allylic oxidation sites excluding steroid dienone is 2. The van der Waals surface area contributed by atoms with E-state index in [1.165, 1.54) is 0 Å². The zero-order chi connectivity index (χ0) is 8.97. The number of hydrogen-bond donors (Lipinski definition) is 0. The highest BCUT2D eigenvalue weighted by molar-refractivity contribution is 5.84. The van der Waals surface area contributed by atoms with E-state index in [2.05, 4.69) is 0 Å². The molecular weight excluding hydrogens is 155 g/mol. The molecule has 0 atom stereocenters. The van der Waals surface area contributed by atoms with Crippen molar-refractivity contribution in [1.29, 1.82) is 0 Å². The second kappa shape index (κ2) is 3.81. The number of halogens is 1. The van der Waals surface area contributed by atoms with Gasteiger partial charge in [0.05, 0.1) is 0 Å². The lowest BCUT2D eigenvalue weighted by atomic mass is 10.1. The number of carbonyl (C=O) groups excluding carboxylic acids is 1. The Labute approximate surface area is 70.5 Å². The van der Waals surface area contributed by atoms with Gasteiger partial charge in [0.15, 0.2) is 12.1 Å². The maximum absolute atomic E-state index is 12.7. The molecule has 0 saturated carbocycles. The van der Waals surface area contributed by atoms with Crippen LogP contribution in [-0.2, 0) is 4.79 Å². The van der Waals surface area contributed by atoms with Crippen LogP contribution in [0, 0.1) is 0 Å². The van der Waals surface area contributed by atoms with E-state index < -0.39 is 5.83 Å². The van der Waals surface area contributed by atoms with Crippen LogP contribution in [-0.4, -0.2) is 6.29 Å². The molecule has 0 aliphatic heterocycles. The molecule has 0 saturated heterocycles. The van der Waals surface area contributed by atoms with Crippen molar-refractivity contribution in [3.8, 4) is 0 Å². The lowest BCUT2D eigenvalue weighted by molar-refractivity contribution is -0.106. The molecular formula is C10H9FO. The molecule has 62 valence electrons. The average Bonchev–Trinajstić information content (AvgIpc) is 2.17. The Morgan fingerprint density at radius 2 is 1.92 bits per heavy atom. The Hall–Kier alpha value is -1.44. The molecule has 0 heterocycles. The van der Waals surface area contributed by atoms with Crippen molar-refractivity contribution >= 4 is 11.9 Å². The van der Waals surface area contributed by atoms with Gasteiger partial charge in [0.25, 0.3) is 0 Å². The molecule has 12 heavy (non-hydrogen) atoms. The van der Waals surface area contributed by atoms with E-state index >= 15 is 0 Å². The minimum absolute atomic E-state index is 0.225. The van der Waals surface area contributed by atoms with Crippen LogP contribution < -0.4 is 0 Å². The zero-order valence-corrected chi connectivity index (χ0v) is 6.75. The quantitative estimate of drug-likeness (QED) is 0.485. The van der Waals surface area contributed by atoms with Crippen molar-refractivity contribution in [3.05, 3.63) is 41.7 Å². The molecule has 0 unspecified atom stereocenters. The molecule has 1 aromatic carbocycles. The largest absolute Gasteiger partial charge is 0.295 e. The van der Waals surface area contributed by atoms with E-state index in [0.29, 0.717) is 5.57 Å². The van der Waals surface area contributed by atoms with Crippen LogP contribution in [0.25, 0.3) is 5.57 Å². The molecule has 0 radical (unpaired) electrons. The summed E-state index contributed by atoms with van der Waals surface area (Å²) < 4.78 is 12.7. The van der Waals surface area contributed by atoms with Crippen LogP contribution in [0.4, 0.5) is 4.39 Å². The molecule has 0 aliphatic carbocycles. The zero-order valence-electron chi connectivity index (χ0n) is 6.75. The van der Waals surface area contributed by atoms with Gasteiger partial charge in [-0.2, -0.15) is 0 Å². The van der Waals surface area contributed by atoms with Crippen LogP contribution in [0.15, 0.2) is 36.2 Å². The molecule has 1 aromatic rings. The Bertz CT molecular complexity index is 301. The highest BCUT2D eigenvalue weighted by Crippen LogP contribution is 2.16. The first-order valence-corrected chi connectivity index (χ1v) is 3.62. The highest BCUT2D eigenvalue weighted by atomic mass is 19.1. The first-order valence-electron chi connectivity index (χ1n) is 3.62. The molecule has 1 nitrogen and oxygen atoms in total. The van der Waals surface area contributed by atoms with E-state index in [4.69, 9.17) is 0 Å². The smallest absolute Gasteiger partial charge is 0.178 e. The Balaban J connectivity index is 3.08. The monoisotopic (exact) mass is 164 g/mol. The second-order valence-electron chi connectivity index (χ2n) is 2.46. The van der Waals surface area contributed by atoms with E-state index in [0.717, 1.165) is 5.56 Å². The standard InChI is InChI=1S/C10H9FO/c1-8(10(11)7-12)9-5-3-2-4-6-9/h2-7H,1H3/b10-8+. The number of rotatable bonds is 2. The average molecular weight is 164 g/mol. The Kier molecular flexibility index (Phi) is 2.75. The Morgan fingerprint density at radius 3 is 2.42 bits per heavy atom. The summed E-state index contributed by atoms with van der Waals surface area (Å²) in [6, 6.07) is 8.97. The van der Waals surface area contributed by atoms with Gasteiger partial charge in [0.1, 0.15) is 0 Å². The van der Waals surface area contributed by atoms with Crippen molar-refractivity contribution in [2.75, 3.05) is 0 Å². The van der Waals surface area contributed by atoms with Crippen molar-refractivity contribution < 1.29 is 9.18 Å². The molecule has 0 spiro atoms. The van der Waals surface area contributed by atoms with Gasteiger partial charge < -0.3 is 0 Å². The van der Waals surface area contributed by atoms with E-state index in [9.17, 15) is 9.18 Å². The SMILES string of the molecule is C/C(=C(\F)C=O)c1ccccc1. The van der Waals surface area contributed by atoms with Gasteiger partial charge in [-0.1, -0.05) is 30.3 Å². The van der Waals surface area contributed by atoms with Crippen LogP contribution in [0.3, 0.4) is 0 Å². The number of aldehydes is 1. The van der Waals surface area contributed by atoms with Crippen LogP contribution in [0.1, 0.15) is 12.5 Å². The lowest BCUT2D eigenvalue weighted by Crippen LogP contribution is -1.83. The van der Waals surface area contributed by atoms with Gasteiger partial charge in [-0.05, 0) is 18.1 Å². The molecule has 0 aliphatic rings. The minimum atomic E-state index is -0.707. The molecule has 2 heteroatoms. The van der Waals surface area contributed by atoms with E-state index in [-0.39, 0.29) is 6.29 Å². The summed E-state index contributed by atoms with van der Waals surface area (Å²) in [5, 5.41) is 0. The van der Waals surface area contributed by atoms with Gasteiger partial charge in [-0.3, -0.25) is 4.79 Å². The predicted octanol–water partition coefficient (Wildman–Crippen LogP) is 2.59. The lowest BCUT2D eigenvalue weighted by Gasteiger charge is -1.98. The molecule has 0 N–H and O–H groups in total. The molecule has 0 aromatic heterocycles. The predicted molar refractivity (Wildman–Crippen MR) is 46.2 cm³/mol. The summed E-state index contributed by atoms with van der Waals surface area (Å²) >= 11 is 0. The topological polar surface area (TPSA) is 17.1 Å². The van der Waals surface area contributed by atoms with Gasteiger partial charge >= 0.3 is 0 Å². The summed E-state index contributed by atoms with van der Waals surface area (Å²) in [4.78, 5) is 10.1. The molecule has 0 amide bonds. The van der Waals surface area contributed by atoms with Crippen molar-refractivity contribution in [2.45, 2.75) is 6.92 Å². The number of benzene rings is 1. The normalized spacial score (nSPS) is 12.2. The van der Waals surface area contributed by atoms with Gasteiger partial charge in [-0.25, -0.2) is 4.39 Å². The number of carbonyl (C=O) groups is 1. The van der Waals surface area contributed by atoms with Gasteiger partial charge in [0.2, 0.25) is 0 Å². The Morgan fingerprint density at radius 1 is 1.33 bits per heavy atom. The maximum Gasteiger partial charge on any atom is 0.178 e. The first-order chi connectivity index (χ1) is 5.75. The summed E-state index contributed by atoms with van der Waals surface area (Å²) in [5.74, 6) is -0.707. The van der Waals surface area contributed by atoms with Crippen LogP contribution >= 0.6 is 0 Å². The number of hydrogen-bond acceptors (Lipinski definition) is 1. The fraction of sp³-hybridized carbons (Fsp3) is 0.100. The third-order valence-electron chi connectivity index (χ3n) is 1.67. The molecule has 0 fully saturated rings. The minimum Gasteiger partial charge on any atom is -0.295 e. The highest BCUT2D eigenvalue weighted by Gasteiger charge is 2.01. The maximum atomic E-state index is 12.7. The van der Waals surface area contributed by atoms with Crippen LogP contribution in [0.5, 0.6) is 0 Å².